The van der Waals surface area contributed by atoms with Crippen molar-refractivity contribution in [1.29, 1.82) is 0 Å². The van der Waals surface area contributed by atoms with Crippen molar-refractivity contribution in [3.8, 4) is 0 Å². The molecule has 2 saturated heterocycles. The van der Waals surface area contributed by atoms with E-state index in [0.717, 1.165) is 25.7 Å². The van der Waals surface area contributed by atoms with E-state index >= 15 is 0 Å². The van der Waals surface area contributed by atoms with Gasteiger partial charge in [-0.05, 0) is 12.0 Å². The summed E-state index contributed by atoms with van der Waals surface area (Å²) < 4.78 is 0. The Bertz CT molecular complexity index is 359. The minimum absolute atomic E-state index is 0.788. The predicted octanol–water partition coefficient (Wildman–Crippen LogP) is 1.17. The number of hydrogen-bond donors (Lipinski definition) is 1. The minimum atomic E-state index is 0.788. The van der Waals surface area contributed by atoms with Gasteiger partial charge in [0.25, 0.3) is 0 Å². The molecule has 0 spiro atoms. The van der Waals surface area contributed by atoms with Crippen molar-refractivity contribution in [1.82, 2.24) is 15.1 Å². The molecule has 0 saturated carbocycles. The quantitative estimate of drug-likeness (QED) is 0.862. The molecule has 2 fully saturated rings. The maximum Gasteiger partial charge on any atom is 0.0236 e. The number of rotatable bonds is 3. The zero-order chi connectivity index (χ0) is 12.2. The molecule has 1 aromatic rings. The molecule has 2 aliphatic rings. The Morgan fingerprint density at radius 3 is 2.61 bits per heavy atom. The molecule has 2 heterocycles. The lowest BCUT2D eigenvalue weighted by Crippen LogP contribution is -2.49. The molecule has 1 N–H and O–H groups in total. The summed E-state index contributed by atoms with van der Waals surface area (Å²) in [6, 6.07) is 11.6. The Labute approximate surface area is 110 Å². The smallest absolute Gasteiger partial charge is 0.0236 e. The van der Waals surface area contributed by atoms with Crippen molar-refractivity contribution < 1.29 is 0 Å². The van der Waals surface area contributed by atoms with Gasteiger partial charge in [0.1, 0.15) is 0 Å². The molecule has 0 unspecified atom stereocenters. The van der Waals surface area contributed by atoms with E-state index in [-0.39, 0.29) is 0 Å². The maximum atomic E-state index is 3.43. The highest BCUT2D eigenvalue weighted by Gasteiger charge is 2.28. The van der Waals surface area contributed by atoms with Crippen LogP contribution in [-0.4, -0.2) is 55.1 Å². The van der Waals surface area contributed by atoms with Crippen LogP contribution in [0.4, 0.5) is 0 Å². The van der Waals surface area contributed by atoms with E-state index in [1.165, 1.54) is 38.2 Å². The van der Waals surface area contributed by atoms with Gasteiger partial charge < -0.3 is 5.32 Å². The Morgan fingerprint density at radius 1 is 1.06 bits per heavy atom. The Morgan fingerprint density at radius 2 is 1.83 bits per heavy atom. The lowest BCUT2D eigenvalue weighted by atomic mass is 10.2. The summed E-state index contributed by atoms with van der Waals surface area (Å²) in [6.07, 6.45) is 1.34. The number of benzene rings is 1. The number of likely N-dealkylation sites (tertiary alicyclic amines) is 1. The zero-order valence-corrected chi connectivity index (χ0v) is 11.0. The lowest BCUT2D eigenvalue weighted by molar-refractivity contribution is 0.170. The third kappa shape index (κ3) is 2.91. The van der Waals surface area contributed by atoms with Crippen LogP contribution in [0.5, 0.6) is 0 Å². The van der Waals surface area contributed by atoms with Crippen LogP contribution >= 0.6 is 0 Å². The van der Waals surface area contributed by atoms with Gasteiger partial charge in [-0.2, -0.15) is 0 Å². The average Bonchev–Trinajstić information content (AvgIpc) is 2.89. The average molecular weight is 245 g/mol. The summed E-state index contributed by atoms with van der Waals surface area (Å²) in [6.45, 7) is 8.39. The standard InChI is InChI=1S/C15H23N3/c1-2-4-14(5-3-1)12-17-9-6-15(13-17)18-10-7-16-8-11-18/h1-5,15-16H,6-13H2/t15-/m1/s1. The second-order valence-corrected chi connectivity index (χ2v) is 5.45. The van der Waals surface area contributed by atoms with Crippen LogP contribution in [0, 0.1) is 0 Å². The van der Waals surface area contributed by atoms with E-state index in [9.17, 15) is 0 Å². The van der Waals surface area contributed by atoms with Crippen molar-refractivity contribution in [2.24, 2.45) is 0 Å². The molecule has 2 aliphatic heterocycles. The van der Waals surface area contributed by atoms with Crippen LogP contribution in [0.2, 0.25) is 0 Å². The molecule has 0 aliphatic carbocycles. The summed E-state index contributed by atoms with van der Waals surface area (Å²) >= 11 is 0. The van der Waals surface area contributed by atoms with Gasteiger partial charge in [0.05, 0.1) is 0 Å². The van der Waals surface area contributed by atoms with E-state index < -0.39 is 0 Å². The van der Waals surface area contributed by atoms with E-state index in [0.29, 0.717) is 0 Å². The van der Waals surface area contributed by atoms with Gasteiger partial charge >= 0.3 is 0 Å². The van der Waals surface area contributed by atoms with Crippen LogP contribution in [0.15, 0.2) is 30.3 Å². The molecule has 3 rings (SSSR count). The number of piperazine rings is 1. The molecule has 0 bridgehead atoms. The van der Waals surface area contributed by atoms with Gasteiger partial charge in [-0.1, -0.05) is 30.3 Å². The first kappa shape index (κ1) is 12.2. The number of nitrogens with one attached hydrogen (secondary N) is 1. The van der Waals surface area contributed by atoms with Gasteiger partial charge in [-0.15, -0.1) is 0 Å². The first-order valence-electron chi connectivity index (χ1n) is 7.13. The van der Waals surface area contributed by atoms with Crippen LogP contribution in [0.3, 0.4) is 0 Å². The SMILES string of the molecule is c1ccc(CN2CC[C@@H](N3CCNCC3)C2)cc1. The molecule has 0 amide bonds. The highest BCUT2D eigenvalue weighted by molar-refractivity contribution is 5.14. The van der Waals surface area contributed by atoms with Crippen LogP contribution in [-0.2, 0) is 6.54 Å². The fourth-order valence-electron chi connectivity index (χ4n) is 3.14. The Hall–Kier alpha value is -0.900. The Balaban J connectivity index is 1.52. The van der Waals surface area contributed by atoms with E-state index in [4.69, 9.17) is 0 Å². The predicted molar refractivity (Wildman–Crippen MR) is 74.6 cm³/mol. The maximum absolute atomic E-state index is 3.43. The summed E-state index contributed by atoms with van der Waals surface area (Å²) in [5.74, 6) is 0. The summed E-state index contributed by atoms with van der Waals surface area (Å²) in [4.78, 5) is 5.27. The first-order valence-corrected chi connectivity index (χ1v) is 7.13. The number of hydrogen-bond acceptors (Lipinski definition) is 3. The highest BCUT2D eigenvalue weighted by Crippen LogP contribution is 2.18. The Kier molecular flexibility index (Phi) is 3.93. The third-order valence-corrected chi connectivity index (χ3v) is 4.16. The molecule has 1 atom stereocenters. The van der Waals surface area contributed by atoms with Crippen LogP contribution in [0.1, 0.15) is 12.0 Å². The largest absolute Gasteiger partial charge is 0.314 e. The van der Waals surface area contributed by atoms with E-state index in [1.807, 2.05) is 0 Å². The second kappa shape index (κ2) is 5.83. The topological polar surface area (TPSA) is 18.5 Å². The van der Waals surface area contributed by atoms with Gasteiger partial charge in [-0.25, -0.2) is 0 Å². The molecular formula is C15H23N3. The minimum Gasteiger partial charge on any atom is -0.314 e. The molecule has 3 heteroatoms. The molecule has 3 nitrogen and oxygen atoms in total. The fourth-order valence-corrected chi connectivity index (χ4v) is 3.14. The summed E-state index contributed by atoms with van der Waals surface area (Å²) in [7, 11) is 0. The summed E-state index contributed by atoms with van der Waals surface area (Å²) in [5.41, 5.74) is 1.44. The second-order valence-electron chi connectivity index (χ2n) is 5.45. The summed E-state index contributed by atoms with van der Waals surface area (Å²) in [5, 5.41) is 3.43. The number of nitrogens with zero attached hydrogens (tertiary/aromatic N) is 2. The first-order chi connectivity index (χ1) is 8.92. The van der Waals surface area contributed by atoms with Gasteiger partial charge in [0.15, 0.2) is 0 Å². The highest BCUT2D eigenvalue weighted by atomic mass is 15.3. The van der Waals surface area contributed by atoms with Crippen LogP contribution in [0.25, 0.3) is 0 Å². The van der Waals surface area contributed by atoms with E-state index in [2.05, 4.69) is 45.4 Å². The third-order valence-electron chi connectivity index (χ3n) is 4.16. The monoisotopic (exact) mass is 245 g/mol. The fraction of sp³-hybridized carbons (Fsp3) is 0.600. The molecule has 1 aromatic carbocycles. The van der Waals surface area contributed by atoms with Crippen molar-refractivity contribution in [2.75, 3.05) is 39.3 Å². The molecular weight excluding hydrogens is 222 g/mol. The zero-order valence-electron chi connectivity index (χ0n) is 11.0. The molecule has 0 aromatic heterocycles. The van der Waals surface area contributed by atoms with E-state index in [1.54, 1.807) is 0 Å². The lowest BCUT2D eigenvalue weighted by Gasteiger charge is -2.32. The molecule has 0 radical (unpaired) electrons. The molecule has 18 heavy (non-hydrogen) atoms. The van der Waals surface area contributed by atoms with Gasteiger partial charge in [0.2, 0.25) is 0 Å². The van der Waals surface area contributed by atoms with Crippen molar-refractivity contribution >= 4 is 0 Å². The van der Waals surface area contributed by atoms with Gasteiger partial charge in [0, 0.05) is 51.9 Å². The normalized spacial score (nSPS) is 26.6. The molecule has 98 valence electrons. The van der Waals surface area contributed by atoms with Crippen LogP contribution < -0.4 is 5.32 Å². The van der Waals surface area contributed by atoms with Crippen molar-refractivity contribution in [3.63, 3.8) is 0 Å². The van der Waals surface area contributed by atoms with Crippen molar-refractivity contribution in [3.05, 3.63) is 35.9 Å². The van der Waals surface area contributed by atoms with Crippen molar-refractivity contribution in [2.45, 2.75) is 19.0 Å². The van der Waals surface area contributed by atoms with Gasteiger partial charge in [-0.3, -0.25) is 9.80 Å².